The summed E-state index contributed by atoms with van der Waals surface area (Å²) in [6.45, 7) is 4.15. The van der Waals surface area contributed by atoms with Crippen molar-refractivity contribution in [3.8, 4) is 5.75 Å². The number of nitrogens with one attached hydrogen (secondary N) is 1. The molecule has 2 amide bonds. The zero-order valence-electron chi connectivity index (χ0n) is 16.9. The van der Waals surface area contributed by atoms with Crippen LogP contribution in [0.3, 0.4) is 0 Å². The van der Waals surface area contributed by atoms with Crippen molar-refractivity contribution < 1.29 is 19.1 Å². The summed E-state index contributed by atoms with van der Waals surface area (Å²) in [6, 6.07) is 11.2. The van der Waals surface area contributed by atoms with Crippen LogP contribution in [-0.2, 0) is 20.9 Å². The van der Waals surface area contributed by atoms with Crippen LogP contribution in [0.5, 0.6) is 5.75 Å². The Labute approximate surface area is 175 Å². The van der Waals surface area contributed by atoms with Crippen molar-refractivity contribution in [3.63, 3.8) is 0 Å². The van der Waals surface area contributed by atoms with Crippen LogP contribution in [0.1, 0.15) is 18.4 Å². The molecule has 0 aliphatic carbocycles. The molecule has 2 aromatic rings. The van der Waals surface area contributed by atoms with Gasteiger partial charge in [0.2, 0.25) is 5.91 Å². The molecule has 1 N–H and O–H groups in total. The van der Waals surface area contributed by atoms with Crippen LogP contribution in [0.4, 0.5) is 11.5 Å². The number of carbonyl (C=O) groups excluding carboxylic acids is 2. The van der Waals surface area contributed by atoms with Crippen molar-refractivity contribution in [2.45, 2.75) is 19.4 Å². The van der Waals surface area contributed by atoms with Crippen molar-refractivity contribution in [1.29, 1.82) is 0 Å². The van der Waals surface area contributed by atoms with Crippen molar-refractivity contribution in [3.05, 3.63) is 48.2 Å². The minimum Gasteiger partial charge on any atom is -0.484 e. The molecule has 2 aliphatic rings. The second-order valence-electron chi connectivity index (χ2n) is 7.34. The van der Waals surface area contributed by atoms with E-state index in [0.717, 1.165) is 56.3 Å². The molecule has 158 valence electrons. The fourth-order valence-corrected chi connectivity index (χ4v) is 3.56. The van der Waals surface area contributed by atoms with Crippen LogP contribution in [0.25, 0.3) is 0 Å². The molecule has 0 unspecified atom stereocenters. The number of nitrogens with zero attached hydrogens (tertiary/aromatic N) is 3. The first-order valence-corrected chi connectivity index (χ1v) is 10.3. The Hall–Kier alpha value is -3.13. The number of ether oxygens (including phenoxy) is 2. The maximum Gasteiger partial charge on any atom is 0.258 e. The number of anilines is 2. The van der Waals surface area contributed by atoms with Gasteiger partial charge in [-0.1, -0.05) is 12.1 Å². The van der Waals surface area contributed by atoms with Gasteiger partial charge in [-0.25, -0.2) is 4.98 Å². The summed E-state index contributed by atoms with van der Waals surface area (Å²) in [6.07, 6.45) is 3.23. The molecule has 0 radical (unpaired) electrons. The van der Waals surface area contributed by atoms with Crippen molar-refractivity contribution in [2.24, 2.45) is 0 Å². The molecule has 30 heavy (non-hydrogen) atoms. The third-order valence-electron chi connectivity index (χ3n) is 5.21. The monoisotopic (exact) mass is 410 g/mol. The minimum atomic E-state index is -0.213. The van der Waals surface area contributed by atoms with E-state index in [4.69, 9.17) is 9.47 Å². The highest BCUT2D eigenvalue weighted by atomic mass is 16.5. The van der Waals surface area contributed by atoms with Gasteiger partial charge in [0, 0.05) is 50.6 Å². The average Bonchev–Trinajstić information content (AvgIpc) is 3.23. The maximum absolute atomic E-state index is 12.2. The fraction of sp³-hybridized carbons (Fsp3) is 0.409. The molecule has 8 heteroatoms. The predicted molar refractivity (Wildman–Crippen MR) is 113 cm³/mol. The van der Waals surface area contributed by atoms with E-state index < -0.39 is 0 Å². The minimum absolute atomic E-state index is 0.0866. The van der Waals surface area contributed by atoms with Gasteiger partial charge < -0.3 is 24.6 Å². The molecule has 2 saturated heterocycles. The highest BCUT2D eigenvalue weighted by molar-refractivity contribution is 5.95. The number of aromatic nitrogens is 1. The van der Waals surface area contributed by atoms with Crippen molar-refractivity contribution in [2.75, 3.05) is 49.3 Å². The largest absolute Gasteiger partial charge is 0.484 e. The Balaban J connectivity index is 1.24. The van der Waals surface area contributed by atoms with Gasteiger partial charge in [0.1, 0.15) is 11.6 Å². The second-order valence-corrected chi connectivity index (χ2v) is 7.34. The van der Waals surface area contributed by atoms with Gasteiger partial charge in [0.05, 0.1) is 13.2 Å². The third kappa shape index (κ3) is 5.07. The fourth-order valence-electron chi connectivity index (χ4n) is 3.56. The number of pyridine rings is 1. The van der Waals surface area contributed by atoms with Gasteiger partial charge >= 0.3 is 0 Å². The Morgan fingerprint density at radius 3 is 2.77 bits per heavy atom. The van der Waals surface area contributed by atoms with Crippen LogP contribution in [0.15, 0.2) is 42.6 Å². The molecule has 0 spiro atoms. The van der Waals surface area contributed by atoms with E-state index in [1.807, 2.05) is 24.3 Å². The van der Waals surface area contributed by atoms with E-state index in [-0.39, 0.29) is 18.4 Å². The maximum atomic E-state index is 12.2. The quantitative estimate of drug-likeness (QED) is 0.749. The first-order chi connectivity index (χ1) is 14.7. The molecule has 3 heterocycles. The van der Waals surface area contributed by atoms with E-state index in [0.29, 0.717) is 18.7 Å². The molecule has 2 fully saturated rings. The second kappa shape index (κ2) is 9.58. The molecule has 0 bridgehead atoms. The van der Waals surface area contributed by atoms with E-state index in [2.05, 4.69) is 15.2 Å². The normalized spacial score (nSPS) is 16.6. The van der Waals surface area contributed by atoms with E-state index >= 15 is 0 Å². The summed E-state index contributed by atoms with van der Waals surface area (Å²) in [5.74, 6) is 1.40. The Bertz CT molecular complexity index is 881. The zero-order valence-corrected chi connectivity index (χ0v) is 16.9. The molecule has 1 aromatic carbocycles. The number of rotatable bonds is 7. The topological polar surface area (TPSA) is 84.0 Å². The third-order valence-corrected chi connectivity index (χ3v) is 5.21. The summed E-state index contributed by atoms with van der Waals surface area (Å²) in [5.41, 5.74) is 1.73. The van der Waals surface area contributed by atoms with Gasteiger partial charge in [-0.05, 0) is 30.2 Å². The summed E-state index contributed by atoms with van der Waals surface area (Å²) >= 11 is 0. The summed E-state index contributed by atoms with van der Waals surface area (Å²) < 4.78 is 11.0. The van der Waals surface area contributed by atoms with Crippen LogP contribution in [0.2, 0.25) is 0 Å². The van der Waals surface area contributed by atoms with Crippen LogP contribution in [-0.4, -0.2) is 56.3 Å². The number of morpholine rings is 1. The lowest BCUT2D eigenvalue weighted by atomic mass is 10.2. The Morgan fingerprint density at radius 1 is 1.17 bits per heavy atom. The number of amides is 2. The number of hydrogen-bond donors (Lipinski definition) is 1. The average molecular weight is 410 g/mol. The molecule has 0 saturated carbocycles. The summed E-state index contributed by atoms with van der Waals surface area (Å²) in [5, 5.41) is 2.84. The van der Waals surface area contributed by atoms with E-state index in [1.54, 1.807) is 23.2 Å². The van der Waals surface area contributed by atoms with Crippen LogP contribution in [0, 0.1) is 0 Å². The molecular formula is C22H26N4O4. The first-order valence-electron chi connectivity index (χ1n) is 10.3. The molecule has 1 aromatic heterocycles. The number of carbonyl (C=O) groups is 2. The van der Waals surface area contributed by atoms with E-state index in [9.17, 15) is 9.59 Å². The molecule has 4 rings (SSSR count). The lowest BCUT2D eigenvalue weighted by Crippen LogP contribution is -2.36. The smallest absolute Gasteiger partial charge is 0.258 e. The van der Waals surface area contributed by atoms with Gasteiger partial charge in [0.25, 0.3) is 5.91 Å². The van der Waals surface area contributed by atoms with E-state index in [1.165, 1.54) is 0 Å². The Kier molecular flexibility index (Phi) is 6.44. The standard InChI is InChI=1S/C22H26N4O4/c27-21(16-30-19-4-1-3-18(13-19)26-8-2-5-22(26)28)24-15-17-6-7-20(23-14-17)25-9-11-29-12-10-25/h1,3-4,6-7,13-14H,2,5,8-12,15-16H2,(H,24,27). The lowest BCUT2D eigenvalue weighted by Gasteiger charge is -2.27. The highest BCUT2D eigenvalue weighted by Gasteiger charge is 2.21. The molecule has 0 atom stereocenters. The van der Waals surface area contributed by atoms with Gasteiger partial charge in [-0.3, -0.25) is 9.59 Å². The molecular weight excluding hydrogens is 384 g/mol. The SMILES string of the molecule is O=C(COc1cccc(N2CCCC2=O)c1)NCc1ccc(N2CCOCC2)nc1. The van der Waals surface area contributed by atoms with Gasteiger partial charge in [-0.2, -0.15) is 0 Å². The molecule has 8 nitrogen and oxygen atoms in total. The highest BCUT2D eigenvalue weighted by Crippen LogP contribution is 2.25. The zero-order chi connectivity index (χ0) is 20.8. The van der Waals surface area contributed by atoms with Gasteiger partial charge in [-0.15, -0.1) is 0 Å². The van der Waals surface area contributed by atoms with Crippen LogP contribution >= 0.6 is 0 Å². The number of hydrogen-bond acceptors (Lipinski definition) is 6. The summed E-state index contributed by atoms with van der Waals surface area (Å²) in [4.78, 5) is 32.5. The first kappa shape index (κ1) is 20.2. The molecule has 2 aliphatic heterocycles. The lowest BCUT2D eigenvalue weighted by molar-refractivity contribution is -0.123. The van der Waals surface area contributed by atoms with Gasteiger partial charge in [0.15, 0.2) is 6.61 Å². The number of benzene rings is 1. The summed E-state index contributed by atoms with van der Waals surface area (Å²) in [7, 11) is 0. The predicted octanol–water partition coefficient (Wildman–Crippen LogP) is 1.74. The van der Waals surface area contributed by atoms with Crippen molar-refractivity contribution in [1.82, 2.24) is 10.3 Å². The van der Waals surface area contributed by atoms with Crippen LogP contribution < -0.4 is 19.9 Å². The van der Waals surface area contributed by atoms with Crippen molar-refractivity contribution >= 4 is 23.3 Å². The Morgan fingerprint density at radius 2 is 2.03 bits per heavy atom.